The molecule has 150 valence electrons. The van der Waals surface area contributed by atoms with Crippen molar-refractivity contribution in [3.63, 3.8) is 0 Å². The van der Waals surface area contributed by atoms with Gasteiger partial charge in [0, 0.05) is 12.7 Å². The molecule has 1 amide bonds. The maximum absolute atomic E-state index is 13.3. The van der Waals surface area contributed by atoms with E-state index in [4.69, 9.17) is 11.6 Å². The molecule has 0 aromatic heterocycles. The third-order valence-electron chi connectivity index (χ3n) is 4.43. The van der Waals surface area contributed by atoms with Crippen molar-refractivity contribution in [3.05, 3.63) is 29.8 Å². The monoisotopic (exact) mass is 403 g/mol. The zero-order chi connectivity index (χ0) is 20.6. The lowest BCUT2D eigenvalue weighted by molar-refractivity contribution is -0.119. The number of nitrogens with one attached hydrogen (secondary N) is 1. The van der Waals surface area contributed by atoms with Gasteiger partial charge in [0.05, 0.1) is 0 Å². The summed E-state index contributed by atoms with van der Waals surface area (Å²) >= 11 is 6.03. The van der Waals surface area contributed by atoms with Crippen LogP contribution in [0.1, 0.15) is 45.6 Å². The average molecular weight is 404 g/mol. The number of alkyl halides is 4. The van der Waals surface area contributed by atoms with Crippen LogP contribution in [0, 0.1) is 11.3 Å². The van der Waals surface area contributed by atoms with Crippen LogP contribution in [0.5, 0.6) is 0 Å². The molecule has 3 atom stereocenters. The highest BCUT2D eigenvalue weighted by Crippen LogP contribution is 2.36. The van der Waals surface area contributed by atoms with Crippen LogP contribution in [0.25, 0.3) is 0 Å². The number of halogens is 4. The summed E-state index contributed by atoms with van der Waals surface area (Å²) in [5, 5.41) is 7.03. The summed E-state index contributed by atoms with van der Waals surface area (Å²) in [7, 11) is 1.32. The van der Waals surface area contributed by atoms with Crippen LogP contribution in [0.3, 0.4) is 0 Å². The number of carbonyl (C=O) groups excluding carboxylic acids is 1. The minimum absolute atomic E-state index is 0.0715. The zero-order valence-electron chi connectivity index (χ0n) is 16.1. The Labute approximate surface area is 162 Å². The van der Waals surface area contributed by atoms with Gasteiger partial charge < -0.3 is 5.32 Å². The highest BCUT2D eigenvalue weighted by atomic mass is 35.5. The van der Waals surface area contributed by atoms with E-state index in [2.05, 4.69) is 31.2 Å². The zero-order valence-corrected chi connectivity index (χ0v) is 16.8. The molecular formula is C19H25ClF3N3O. The van der Waals surface area contributed by atoms with Gasteiger partial charge in [0.25, 0.3) is 0 Å². The van der Waals surface area contributed by atoms with E-state index in [9.17, 15) is 18.0 Å². The molecule has 0 saturated carbocycles. The summed E-state index contributed by atoms with van der Waals surface area (Å²) in [5.74, 6) is -2.29. The Kier molecular flexibility index (Phi) is 6.14. The molecule has 4 nitrogen and oxygen atoms in total. The fourth-order valence-corrected chi connectivity index (χ4v) is 3.67. The Balaban J connectivity index is 2.27. The van der Waals surface area contributed by atoms with Crippen LogP contribution in [0.4, 0.5) is 18.9 Å². The Morgan fingerprint density at radius 2 is 1.89 bits per heavy atom. The van der Waals surface area contributed by atoms with E-state index in [0.717, 1.165) is 17.0 Å². The molecule has 8 heteroatoms. The second kappa shape index (κ2) is 7.70. The first kappa shape index (κ1) is 21.5. The predicted octanol–water partition coefficient (Wildman–Crippen LogP) is 5.21. The van der Waals surface area contributed by atoms with Crippen LogP contribution in [0.2, 0.25) is 0 Å². The molecule has 1 aromatic rings. The van der Waals surface area contributed by atoms with Gasteiger partial charge in [0.1, 0.15) is 11.4 Å². The lowest BCUT2D eigenvalue weighted by Gasteiger charge is -2.26. The SMILES string of the molecule is CC(CC(C)(C)C)c1ccccc1NC(=O)C1C(C(F)(F)F)=NN(C)C1Cl. The highest BCUT2D eigenvalue weighted by molar-refractivity contribution is 6.27. The Bertz CT molecular complexity index is 728. The molecule has 1 aliphatic heterocycles. The molecule has 2 rings (SSSR count). The van der Waals surface area contributed by atoms with Crippen LogP contribution < -0.4 is 5.32 Å². The standard InChI is InChI=1S/C19H25ClF3N3O/c1-11(10-18(2,3)4)12-8-6-7-9-13(12)24-17(27)14-15(19(21,22)23)25-26(5)16(14)20/h6-9,11,14,16H,10H2,1-5H3,(H,24,27). The van der Waals surface area contributed by atoms with Crippen molar-refractivity contribution < 1.29 is 18.0 Å². The lowest BCUT2D eigenvalue weighted by atomic mass is 9.82. The first-order chi connectivity index (χ1) is 12.3. The number of amides is 1. The molecule has 3 unspecified atom stereocenters. The number of carbonyl (C=O) groups is 1. The maximum atomic E-state index is 13.3. The lowest BCUT2D eigenvalue weighted by Crippen LogP contribution is -2.41. The summed E-state index contributed by atoms with van der Waals surface area (Å²) < 4.78 is 39.8. The van der Waals surface area contributed by atoms with Gasteiger partial charge in [-0.05, 0) is 29.4 Å². The van der Waals surface area contributed by atoms with Gasteiger partial charge in [-0.15, -0.1) is 0 Å². The van der Waals surface area contributed by atoms with Crippen molar-refractivity contribution in [2.45, 2.75) is 51.7 Å². The predicted molar refractivity (Wildman–Crippen MR) is 102 cm³/mol. The Hall–Kier alpha value is -1.76. The molecule has 1 aliphatic rings. The first-order valence-electron chi connectivity index (χ1n) is 8.73. The van der Waals surface area contributed by atoms with Gasteiger partial charge in [0.15, 0.2) is 5.71 Å². The van der Waals surface area contributed by atoms with Gasteiger partial charge >= 0.3 is 6.18 Å². The van der Waals surface area contributed by atoms with Crippen molar-refractivity contribution in [2.24, 2.45) is 16.4 Å². The molecule has 1 heterocycles. The van der Waals surface area contributed by atoms with Gasteiger partial charge in [-0.2, -0.15) is 18.3 Å². The van der Waals surface area contributed by atoms with Crippen LogP contribution in [-0.2, 0) is 4.79 Å². The quantitative estimate of drug-likeness (QED) is 0.554. The number of benzene rings is 1. The number of para-hydroxylation sites is 1. The normalized spacial score (nSPS) is 21.8. The van der Waals surface area contributed by atoms with Crippen LogP contribution in [-0.4, -0.2) is 35.4 Å². The summed E-state index contributed by atoms with van der Waals surface area (Å²) in [6.07, 6.45) is -3.86. The minimum Gasteiger partial charge on any atom is -0.325 e. The van der Waals surface area contributed by atoms with Crippen LogP contribution in [0.15, 0.2) is 29.4 Å². The molecule has 0 spiro atoms. The third kappa shape index (κ3) is 5.15. The van der Waals surface area contributed by atoms with Gasteiger partial charge in [-0.1, -0.05) is 57.5 Å². The molecule has 1 N–H and O–H groups in total. The second-order valence-corrected chi connectivity index (χ2v) is 8.60. The van der Waals surface area contributed by atoms with E-state index < -0.39 is 29.2 Å². The molecule has 27 heavy (non-hydrogen) atoms. The highest BCUT2D eigenvalue weighted by Gasteiger charge is 2.52. The van der Waals surface area contributed by atoms with Crippen molar-refractivity contribution in [1.29, 1.82) is 0 Å². The fourth-order valence-electron chi connectivity index (χ4n) is 3.39. The van der Waals surface area contributed by atoms with Crippen molar-refractivity contribution in [1.82, 2.24) is 5.01 Å². The van der Waals surface area contributed by atoms with Crippen LogP contribution >= 0.6 is 11.6 Å². The van der Waals surface area contributed by atoms with E-state index in [-0.39, 0.29) is 11.3 Å². The molecular weight excluding hydrogens is 379 g/mol. The van der Waals surface area contributed by atoms with E-state index in [0.29, 0.717) is 5.69 Å². The Morgan fingerprint density at radius 3 is 2.44 bits per heavy atom. The smallest absolute Gasteiger partial charge is 0.325 e. The molecule has 0 bridgehead atoms. The van der Waals surface area contributed by atoms with Gasteiger partial charge in [0.2, 0.25) is 5.91 Å². The molecule has 0 fully saturated rings. The molecule has 0 saturated heterocycles. The number of hydrazone groups is 1. The summed E-state index contributed by atoms with van der Waals surface area (Å²) in [4.78, 5) is 12.7. The molecule has 0 aliphatic carbocycles. The Morgan fingerprint density at radius 1 is 1.30 bits per heavy atom. The van der Waals surface area contributed by atoms with Crippen molar-refractivity contribution in [2.75, 3.05) is 12.4 Å². The maximum Gasteiger partial charge on any atom is 0.432 e. The summed E-state index contributed by atoms with van der Waals surface area (Å²) in [6.45, 7) is 8.38. The average Bonchev–Trinajstić information content (AvgIpc) is 2.82. The topological polar surface area (TPSA) is 44.7 Å². The molecule has 0 radical (unpaired) electrons. The van der Waals surface area contributed by atoms with Crippen molar-refractivity contribution in [3.8, 4) is 0 Å². The number of rotatable bonds is 4. The summed E-state index contributed by atoms with van der Waals surface area (Å²) in [6, 6.07) is 7.16. The molecule has 1 aromatic carbocycles. The third-order valence-corrected chi connectivity index (χ3v) is 4.97. The number of hydrogen-bond donors (Lipinski definition) is 1. The summed E-state index contributed by atoms with van der Waals surface area (Å²) in [5.41, 5.74) is -0.923. The van der Waals surface area contributed by atoms with Crippen molar-refractivity contribution >= 4 is 28.9 Å². The fraction of sp³-hybridized carbons (Fsp3) is 0.579. The van der Waals surface area contributed by atoms with E-state index in [1.807, 2.05) is 19.1 Å². The van der Waals surface area contributed by atoms with E-state index in [1.54, 1.807) is 12.1 Å². The van der Waals surface area contributed by atoms with E-state index in [1.165, 1.54) is 7.05 Å². The largest absolute Gasteiger partial charge is 0.432 e. The first-order valence-corrected chi connectivity index (χ1v) is 9.17. The van der Waals surface area contributed by atoms with Gasteiger partial charge in [-0.3, -0.25) is 9.80 Å². The van der Waals surface area contributed by atoms with E-state index >= 15 is 0 Å². The number of anilines is 1. The number of hydrogen-bond acceptors (Lipinski definition) is 3. The number of nitrogens with zero attached hydrogens (tertiary/aromatic N) is 2. The van der Waals surface area contributed by atoms with Gasteiger partial charge in [-0.25, -0.2) is 0 Å². The second-order valence-electron chi connectivity index (χ2n) is 8.15. The minimum atomic E-state index is -4.72.